The van der Waals surface area contributed by atoms with Gasteiger partial charge >= 0.3 is 0 Å². The van der Waals surface area contributed by atoms with Crippen molar-refractivity contribution in [2.75, 3.05) is 5.32 Å². The fourth-order valence-corrected chi connectivity index (χ4v) is 2.95. The first-order chi connectivity index (χ1) is 12.0. The predicted molar refractivity (Wildman–Crippen MR) is 100 cm³/mol. The number of aryl methyl sites for hydroxylation is 1. The van der Waals surface area contributed by atoms with Crippen LogP contribution in [0.5, 0.6) is 0 Å². The minimum absolute atomic E-state index is 0.227. The van der Waals surface area contributed by atoms with Crippen LogP contribution in [0, 0.1) is 13.8 Å². The highest BCUT2D eigenvalue weighted by Crippen LogP contribution is 2.26. The second-order valence-corrected chi connectivity index (χ2v) is 6.47. The average molecular weight is 351 g/mol. The molecule has 0 fully saturated rings. The zero-order chi connectivity index (χ0) is 17.6. The van der Waals surface area contributed by atoms with Crippen LogP contribution in [0.1, 0.15) is 21.7 Å². The maximum Gasteiger partial charge on any atom is 0.291 e. The number of hydrogen-bond donors (Lipinski definition) is 1. The third-order valence-corrected chi connectivity index (χ3v) is 4.58. The zero-order valence-electron chi connectivity index (χ0n) is 13.8. The van der Waals surface area contributed by atoms with Gasteiger partial charge in [0.15, 0.2) is 5.76 Å². The van der Waals surface area contributed by atoms with E-state index in [4.69, 9.17) is 16.0 Å². The fraction of sp³-hybridized carbons (Fsp3) is 0.100. The molecule has 4 nitrogen and oxygen atoms in total. The lowest BCUT2D eigenvalue weighted by Gasteiger charge is -2.08. The number of nitrogens with one attached hydrogen (secondary N) is 1. The van der Waals surface area contributed by atoms with Crippen LogP contribution in [0.15, 0.2) is 52.9 Å². The molecule has 0 spiro atoms. The Balaban J connectivity index is 1.72. The molecule has 0 aliphatic heterocycles. The molecule has 0 bridgehead atoms. The molecule has 2 heterocycles. The lowest BCUT2D eigenvalue weighted by Crippen LogP contribution is -2.12. The van der Waals surface area contributed by atoms with Crippen molar-refractivity contribution in [2.24, 2.45) is 0 Å². The van der Waals surface area contributed by atoms with E-state index in [2.05, 4.69) is 10.3 Å². The van der Waals surface area contributed by atoms with Crippen LogP contribution in [-0.4, -0.2) is 10.9 Å². The summed E-state index contributed by atoms with van der Waals surface area (Å²) in [5, 5.41) is 5.23. The van der Waals surface area contributed by atoms with Crippen LogP contribution in [0.2, 0.25) is 5.02 Å². The van der Waals surface area contributed by atoms with Crippen molar-refractivity contribution >= 4 is 45.2 Å². The number of hydrogen-bond acceptors (Lipinski definition) is 3. The molecule has 0 atom stereocenters. The molecule has 1 amide bonds. The van der Waals surface area contributed by atoms with E-state index in [0.717, 1.165) is 33.1 Å². The number of pyridine rings is 1. The van der Waals surface area contributed by atoms with E-state index in [0.29, 0.717) is 10.7 Å². The van der Waals surface area contributed by atoms with E-state index in [1.54, 1.807) is 12.1 Å². The average Bonchev–Trinajstić information content (AvgIpc) is 3.00. The lowest BCUT2D eigenvalue weighted by molar-refractivity contribution is 0.0998. The van der Waals surface area contributed by atoms with Crippen LogP contribution in [0.4, 0.5) is 5.69 Å². The van der Waals surface area contributed by atoms with Crippen molar-refractivity contribution in [3.05, 3.63) is 70.4 Å². The molecule has 5 heteroatoms. The Kier molecular flexibility index (Phi) is 3.70. The minimum atomic E-state index is -0.297. The number of anilines is 1. The van der Waals surface area contributed by atoms with Crippen LogP contribution in [0.3, 0.4) is 0 Å². The normalized spacial score (nSPS) is 11.2. The summed E-state index contributed by atoms with van der Waals surface area (Å²) >= 11 is 6.01. The Morgan fingerprint density at radius 1 is 1.08 bits per heavy atom. The van der Waals surface area contributed by atoms with Crippen LogP contribution >= 0.6 is 11.6 Å². The van der Waals surface area contributed by atoms with Gasteiger partial charge in [0, 0.05) is 21.5 Å². The van der Waals surface area contributed by atoms with Gasteiger partial charge in [0.25, 0.3) is 5.91 Å². The maximum atomic E-state index is 12.5. The monoisotopic (exact) mass is 350 g/mol. The number of furan rings is 1. The molecule has 4 rings (SSSR count). The van der Waals surface area contributed by atoms with Gasteiger partial charge in [-0.1, -0.05) is 29.8 Å². The second-order valence-electron chi connectivity index (χ2n) is 6.03. The van der Waals surface area contributed by atoms with E-state index in [1.807, 2.05) is 50.2 Å². The maximum absolute atomic E-state index is 12.5. The van der Waals surface area contributed by atoms with Gasteiger partial charge < -0.3 is 9.73 Å². The highest BCUT2D eigenvalue weighted by atomic mass is 35.5. The topological polar surface area (TPSA) is 55.1 Å². The number of aromatic nitrogens is 1. The SMILES string of the molecule is Cc1cccc(NC(=O)c2cc3cc4ccc(Cl)cc4nc3o2)c1C. The number of amides is 1. The summed E-state index contributed by atoms with van der Waals surface area (Å²) in [4.78, 5) is 17.0. The van der Waals surface area contributed by atoms with Crippen molar-refractivity contribution in [1.29, 1.82) is 0 Å². The van der Waals surface area contributed by atoms with Gasteiger partial charge in [-0.3, -0.25) is 4.79 Å². The van der Waals surface area contributed by atoms with Crippen LogP contribution in [0.25, 0.3) is 22.0 Å². The highest BCUT2D eigenvalue weighted by molar-refractivity contribution is 6.31. The Labute approximate surface area is 149 Å². The first-order valence-electron chi connectivity index (χ1n) is 7.89. The van der Waals surface area contributed by atoms with Crippen molar-refractivity contribution in [3.63, 3.8) is 0 Å². The van der Waals surface area contributed by atoms with Gasteiger partial charge in [-0.2, -0.15) is 0 Å². The summed E-state index contributed by atoms with van der Waals surface area (Å²) in [6, 6.07) is 14.9. The second kappa shape index (κ2) is 5.90. The molecule has 0 unspecified atom stereocenters. The zero-order valence-corrected chi connectivity index (χ0v) is 14.5. The van der Waals surface area contributed by atoms with Crippen LogP contribution in [-0.2, 0) is 0 Å². The molecule has 2 aromatic carbocycles. The molecule has 25 heavy (non-hydrogen) atoms. The largest absolute Gasteiger partial charge is 0.433 e. The van der Waals surface area contributed by atoms with Crippen molar-refractivity contribution < 1.29 is 9.21 Å². The molecule has 0 radical (unpaired) electrons. The van der Waals surface area contributed by atoms with Gasteiger partial charge in [0.2, 0.25) is 5.71 Å². The number of carbonyl (C=O) groups excluding carboxylic acids is 1. The summed E-state index contributed by atoms with van der Waals surface area (Å²) in [6.07, 6.45) is 0. The third kappa shape index (κ3) is 2.85. The van der Waals surface area contributed by atoms with Gasteiger partial charge in [0.05, 0.1) is 5.52 Å². The van der Waals surface area contributed by atoms with Crippen molar-refractivity contribution in [3.8, 4) is 0 Å². The molecule has 124 valence electrons. The van der Waals surface area contributed by atoms with Gasteiger partial charge in [-0.15, -0.1) is 0 Å². The summed E-state index contributed by atoms with van der Waals surface area (Å²) in [5.41, 5.74) is 4.07. The number of carbonyl (C=O) groups is 1. The van der Waals surface area contributed by atoms with E-state index >= 15 is 0 Å². The standard InChI is InChI=1S/C20H15ClN2O2/c1-11-4-3-5-16(12(11)2)22-19(24)18-9-14-8-13-6-7-15(21)10-17(13)23-20(14)25-18/h3-10H,1-2H3,(H,22,24). The molecule has 0 saturated heterocycles. The smallest absolute Gasteiger partial charge is 0.291 e. The van der Waals surface area contributed by atoms with E-state index in [1.165, 1.54) is 0 Å². The van der Waals surface area contributed by atoms with Gasteiger partial charge in [-0.25, -0.2) is 4.98 Å². The summed E-state index contributed by atoms with van der Waals surface area (Å²) in [7, 11) is 0. The lowest BCUT2D eigenvalue weighted by atomic mass is 10.1. The Morgan fingerprint density at radius 2 is 1.92 bits per heavy atom. The van der Waals surface area contributed by atoms with E-state index in [9.17, 15) is 4.79 Å². The number of halogens is 1. The van der Waals surface area contributed by atoms with Crippen molar-refractivity contribution in [1.82, 2.24) is 4.98 Å². The molecular formula is C20H15ClN2O2. The van der Waals surface area contributed by atoms with E-state index < -0.39 is 0 Å². The highest BCUT2D eigenvalue weighted by Gasteiger charge is 2.15. The first kappa shape index (κ1) is 15.7. The Hall–Kier alpha value is -2.85. The Morgan fingerprint density at radius 3 is 2.76 bits per heavy atom. The Bertz CT molecular complexity index is 1130. The summed E-state index contributed by atoms with van der Waals surface area (Å²) in [5.74, 6) is -0.0707. The minimum Gasteiger partial charge on any atom is -0.433 e. The molecule has 0 saturated carbocycles. The molecular weight excluding hydrogens is 336 g/mol. The molecule has 0 aliphatic rings. The predicted octanol–water partition coefficient (Wildman–Crippen LogP) is 5.50. The molecule has 4 aromatic rings. The third-order valence-electron chi connectivity index (χ3n) is 4.34. The first-order valence-corrected chi connectivity index (χ1v) is 8.26. The summed E-state index contributed by atoms with van der Waals surface area (Å²) < 4.78 is 5.65. The van der Waals surface area contributed by atoms with Gasteiger partial charge in [0.1, 0.15) is 0 Å². The number of benzene rings is 2. The number of nitrogens with zero attached hydrogens (tertiary/aromatic N) is 1. The molecule has 0 aliphatic carbocycles. The summed E-state index contributed by atoms with van der Waals surface area (Å²) in [6.45, 7) is 3.98. The number of fused-ring (bicyclic) bond motifs is 2. The van der Waals surface area contributed by atoms with Gasteiger partial charge in [-0.05, 0) is 55.3 Å². The quantitative estimate of drug-likeness (QED) is 0.519. The molecule has 1 N–H and O–H groups in total. The molecule has 2 aromatic heterocycles. The number of rotatable bonds is 2. The van der Waals surface area contributed by atoms with Crippen LogP contribution < -0.4 is 5.32 Å². The fourth-order valence-electron chi connectivity index (χ4n) is 2.78. The van der Waals surface area contributed by atoms with Crippen molar-refractivity contribution in [2.45, 2.75) is 13.8 Å². The van der Waals surface area contributed by atoms with E-state index in [-0.39, 0.29) is 11.7 Å².